The molecule has 1 N–H and O–H groups in total. The molecule has 1 saturated carbocycles. The van der Waals surface area contributed by atoms with E-state index in [9.17, 15) is 0 Å². The van der Waals surface area contributed by atoms with E-state index in [4.69, 9.17) is 4.42 Å². The van der Waals surface area contributed by atoms with Gasteiger partial charge in [0.25, 0.3) is 0 Å². The first-order chi connectivity index (χ1) is 9.22. The molecule has 2 aliphatic rings. The first-order valence-corrected chi connectivity index (χ1v) is 7.70. The summed E-state index contributed by atoms with van der Waals surface area (Å²) in [6, 6.07) is 4.35. The highest BCUT2D eigenvalue weighted by Gasteiger charge is 2.36. The zero-order valence-electron chi connectivity index (χ0n) is 12.2. The number of hydrogen-bond acceptors (Lipinski definition) is 3. The third kappa shape index (κ3) is 3.40. The van der Waals surface area contributed by atoms with Crippen LogP contribution in [0.15, 0.2) is 16.5 Å². The van der Waals surface area contributed by atoms with E-state index in [1.165, 1.54) is 44.7 Å². The fourth-order valence-corrected chi connectivity index (χ4v) is 3.23. The first kappa shape index (κ1) is 13.2. The van der Waals surface area contributed by atoms with Crippen molar-refractivity contribution in [2.24, 2.45) is 11.8 Å². The third-order valence-electron chi connectivity index (χ3n) is 4.61. The van der Waals surface area contributed by atoms with Gasteiger partial charge in [-0.25, -0.2) is 0 Å². The van der Waals surface area contributed by atoms with E-state index in [1.807, 2.05) is 0 Å². The quantitative estimate of drug-likeness (QED) is 0.884. The summed E-state index contributed by atoms with van der Waals surface area (Å²) in [6.07, 6.45) is 3.93. The van der Waals surface area contributed by atoms with Gasteiger partial charge in [-0.15, -0.1) is 0 Å². The van der Waals surface area contributed by atoms with E-state index < -0.39 is 0 Å². The molecule has 1 aliphatic carbocycles. The Labute approximate surface area is 116 Å². The molecule has 3 heteroatoms. The SMILES string of the molecule is CC1CC1c1ccc(CN(C)CC2CCNCC2)o1. The molecule has 3 rings (SSSR count). The summed E-state index contributed by atoms with van der Waals surface area (Å²) in [4.78, 5) is 2.41. The molecule has 0 spiro atoms. The highest BCUT2D eigenvalue weighted by Crippen LogP contribution is 2.47. The Bertz CT molecular complexity index is 409. The van der Waals surface area contributed by atoms with E-state index in [0.29, 0.717) is 5.92 Å². The lowest BCUT2D eigenvalue weighted by Gasteiger charge is -2.27. The number of rotatable bonds is 5. The highest BCUT2D eigenvalue weighted by molar-refractivity contribution is 5.17. The number of hydrogen-bond donors (Lipinski definition) is 1. The van der Waals surface area contributed by atoms with Crippen LogP contribution in [0.3, 0.4) is 0 Å². The van der Waals surface area contributed by atoms with Crippen LogP contribution >= 0.6 is 0 Å². The Morgan fingerprint density at radius 2 is 2.05 bits per heavy atom. The van der Waals surface area contributed by atoms with Gasteiger partial charge in [-0.2, -0.15) is 0 Å². The number of piperidine rings is 1. The van der Waals surface area contributed by atoms with Crippen LogP contribution in [0.4, 0.5) is 0 Å². The summed E-state index contributed by atoms with van der Waals surface area (Å²) in [6.45, 7) is 6.81. The summed E-state index contributed by atoms with van der Waals surface area (Å²) >= 11 is 0. The monoisotopic (exact) mass is 262 g/mol. The topological polar surface area (TPSA) is 28.4 Å². The van der Waals surface area contributed by atoms with E-state index in [2.05, 4.69) is 36.3 Å². The molecule has 1 saturated heterocycles. The average molecular weight is 262 g/mol. The number of nitrogens with one attached hydrogen (secondary N) is 1. The smallest absolute Gasteiger partial charge is 0.118 e. The molecule has 2 heterocycles. The second-order valence-corrected chi connectivity index (χ2v) is 6.51. The van der Waals surface area contributed by atoms with Crippen molar-refractivity contribution in [3.8, 4) is 0 Å². The van der Waals surface area contributed by atoms with E-state index >= 15 is 0 Å². The van der Waals surface area contributed by atoms with Gasteiger partial charge in [-0.1, -0.05) is 6.92 Å². The summed E-state index contributed by atoms with van der Waals surface area (Å²) in [5, 5.41) is 3.43. The van der Waals surface area contributed by atoms with Crippen molar-refractivity contribution in [1.29, 1.82) is 0 Å². The molecule has 0 radical (unpaired) electrons. The molecule has 2 unspecified atom stereocenters. The normalized spacial score (nSPS) is 27.9. The largest absolute Gasteiger partial charge is 0.464 e. The zero-order valence-corrected chi connectivity index (χ0v) is 12.2. The molecule has 0 bridgehead atoms. The van der Waals surface area contributed by atoms with Crippen LogP contribution in [-0.4, -0.2) is 31.6 Å². The fraction of sp³-hybridized carbons (Fsp3) is 0.750. The van der Waals surface area contributed by atoms with Gasteiger partial charge in [-0.05, 0) is 63.4 Å². The van der Waals surface area contributed by atoms with Crippen molar-refractivity contribution in [2.45, 2.75) is 38.6 Å². The van der Waals surface area contributed by atoms with Gasteiger partial charge in [-0.3, -0.25) is 4.90 Å². The van der Waals surface area contributed by atoms with Crippen LogP contribution in [0.1, 0.15) is 43.6 Å². The van der Waals surface area contributed by atoms with Gasteiger partial charge < -0.3 is 9.73 Å². The Hall–Kier alpha value is -0.800. The van der Waals surface area contributed by atoms with Crippen LogP contribution in [0.2, 0.25) is 0 Å². The summed E-state index contributed by atoms with van der Waals surface area (Å²) in [7, 11) is 2.21. The molecule has 0 amide bonds. The van der Waals surface area contributed by atoms with Gasteiger partial charge in [0, 0.05) is 12.5 Å². The lowest BCUT2D eigenvalue weighted by atomic mass is 9.98. The predicted molar refractivity (Wildman–Crippen MR) is 77.2 cm³/mol. The fourth-order valence-electron chi connectivity index (χ4n) is 3.23. The van der Waals surface area contributed by atoms with E-state index in [-0.39, 0.29) is 0 Å². The third-order valence-corrected chi connectivity index (χ3v) is 4.61. The first-order valence-electron chi connectivity index (χ1n) is 7.70. The van der Waals surface area contributed by atoms with E-state index in [0.717, 1.165) is 24.1 Å². The summed E-state index contributed by atoms with van der Waals surface area (Å²) in [5.41, 5.74) is 0. The summed E-state index contributed by atoms with van der Waals surface area (Å²) < 4.78 is 5.98. The molecule has 1 aromatic rings. The maximum Gasteiger partial charge on any atom is 0.118 e. The lowest BCUT2D eigenvalue weighted by molar-refractivity contribution is 0.220. The molecule has 2 atom stereocenters. The van der Waals surface area contributed by atoms with Crippen molar-refractivity contribution in [2.75, 3.05) is 26.7 Å². The van der Waals surface area contributed by atoms with Crippen LogP contribution in [0.25, 0.3) is 0 Å². The Morgan fingerprint density at radius 3 is 2.74 bits per heavy atom. The molecule has 1 aliphatic heterocycles. The minimum Gasteiger partial charge on any atom is -0.464 e. The van der Waals surface area contributed by atoms with Gasteiger partial charge in [0.2, 0.25) is 0 Å². The maximum atomic E-state index is 5.98. The Balaban J connectivity index is 1.48. The standard InChI is InChI=1S/C16H26N2O/c1-12-9-15(12)16-4-3-14(19-16)11-18(2)10-13-5-7-17-8-6-13/h3-4,12-13,15,17H,5-11H2,1-2H3. The Morgan fingerprint density at radius 1 is 1.32 bits per heavy atom. The predicted octanol–water partition coefficient (Wildman–Crippen LogP) is 2.83. The molecule has 3 nitrogen and oxygen atoms in total. The number of furan rings is 1. The molecule has 0 aromatic carbocycles. The highest BCUT2D eigenvalue weighted by atomic mass is 16.3. The minimum absolute atomic E-state index is 0.698. The van der Waals surface area contributed by atoms with Gasteiger partial charge in [0.15, 0.2) is 0 Å². The zero-order chi connectivity index (χ0) is 13.2. The number of nitrogens with zero attached hydrogens (tertiary/aromatic N) is 1. The lowest BCUT2D eigenvalue weighted by Crippen LogP contribution is -2.34. The molecule has 1 aromatic heterocycles. The Kier molecular flexibility index (Phi) is 3.94. The van der Waals surface area contributed by atoms with Gasteiger partial charge in [0.1, 0.15) is 11.5 Å². The van der Waals surface area contributed by atoms with Crippen molar-refractivity contribution in [3.63, 3.8) is 0 Å². The van der Waals surface area contributed by atoms with Crippen molar-refractivity contribution in [3.05, 3.63) is 23.7 Å². The molecular formula is C16H26N2O. The second-order valence-electron chi connectivity index (χ2n) is 6.51. The summed E-state index contributed by atoms with van der Waals surface area (Å²) in [5.74, 6) is 4.71. The van der Waals surface area contributed by atoms with Crippen LogP contribution in [-0.2, 0) is 6.54 Å². The molecule has 2 fully saturated rings. The van der Waals surface area contributed by atoms with Crippen LogP contribution in [0, 0.1) is 11.8 Å². The van der Waals surface area contributed by atoms with Crippen LogP contribution < -0.4 is 5.32 Å². The average Bonchev–Trinajstić information content (AvgIpc) is 2.95. The van der Waals surface area contributed by atoms with Gasteiger partial charge in [0.05, 0.1) is 6.54 Å². The van der Waals surface area contributed by atoms with Crippen molar-refractivity contribution < 1.29 is 4.42 Å². The van der Waals surface area contributed by atoms with Crippen LogP contribution in [0.5, 0.6) is 0 Å². The molecule has 106 valence electrons. The second kappa shape index (κ2) is 5.68. The van der Waals surface area contributed by atoms with Crippen molar-refractivity contribution in [1.82, 2.24) is 10.2 Å². The minimum atomic E-state index is 0.698. The molecule has 19 heavy (non-hydrogen) atoms. The molecular weight excluding hydrogens is 236 g/mol. The van der Waals surface area contributed by atoms with Crippen molar-refractivity contribution >= 4 is 0 Å². The van der Waals surface area contributed by atoms with Gasteiger partial charge >= 0.3 is 0 Å². The maximum absolute atomic E-state index is 5.98. The van der Waals surface area contributed by atoms with E-state index in [1.54, 1.807) is 0 Å².